The van der Waals surface area contributed by atoms with Crippen LogP contribution in [-0.4, -0.2) is 24.7 Å². The molecule has 74 valence electrons. The number of nitrogens with zero attached hydrogens (tertiary/aromatic N) is 1. The second kappa shape index (κ2) is 5.78. The van der Waals surface area contributed by atoms with Gasteiger partial charge in [0, 0.05) is 0 Å². The van der Waals surface area contributed by atoms with Crippen LogP contribution in [-0.2, 0) is 11.3 Å². The zero-order chi connectivity index (χ0) is 9.52. The lowest BCUT2D eigenvalue weighted by atomic mass is 10.5. The number of hydrogen-bond acceptors (Lipinski definition) is 3. The summed E-state index contributed by atoms with van der Waals surface area (Å²) in [6, 6.07) is 3.79. The van der Waals surface area contributed by atoms with Crippen LogP contribution < -0.4 is 0 Å². The zero-order valence-corrected chi connectivity index (χ0v) is 8.32. The van der Waals surface area contributed by atoms with Crippen molar-refractivity contribution in [3.05, 3.63) is 24.2 Å². The summed E-state index contributed by atoms with van der Waals surface area (Å²) < 4.78 is 10.6. The molecule has 0 spiro atoms. The van der Waals surface area contributed by atoms with Gasteiger partial charge in [-0.2, -0.15) is 0 Å². The molecule has 1 aromatic rings. The van der Waals surface area contributed by atoms with E-state index in [-0.39, 0.29) is 0 Å². The zero-order valence-electron chi connectivity index (χ0n) is 8.32. The van der Waals surface area contributed by atoms with E-state index in [0.717, 1.165) is 18.8 Å². The van der Waals surface area contributed by atoms with Crippen molar-refractivity contribution in [2.45, 2.75) is 20.5 Å². The predicted octanol–water partition coefficient (Wildman–Crippen LogP) is 2.10. The summed E-state index contributed by atoms with van der Waals surface area (Å²) >= 11 is 0. The molecular formula is C10H17NO2. The van der Waals surface area contributed by atoms with Gasteiger partial charge in [-0.05, 0) is 25.2 Å². The van der Waals surface area contributed by atoms with Gasteiger partial charge in [0.2, 0.25) is 0 Å². The molecule has 3 heteroatoms. The third-order valence-corrected chi connectivity index (χ3v) is 1.99. The Morgan fingerprint density at radius 2 is 2.15 bits per heavy atom. The summed E-state index contributed by atoms with van der Waals surface area (Å²) in [5.74, 6) is 0.882. The van der Waals surface area contributed by atoms with E-state index in [9.17, 15) is 0 Å². The summed E-state index contributed by atoms with van der Waals surface area (Å²) in [4.78, 5) is 2.21. The molecule has 13 heavy (non-hydrogen) atoms. The first-order valence-electron chi connectivity index (χ1n) is 4.69. The Balaban J connectivity index is 2.13. The molecule has 0 bridgehead atoms. The van der Waals surface area contributed by atoms with E-state index in [0.29, 0.717) is 13.3 Å². The minimum atomic E-state index is 0.559. The molecule has 0 saturated carbocycles. The first-order valence-corrected chi connectivity index (χ1v) is 4.69. The SMILES string of the molecule is CCN(CC)COCc1ccco1. The Labute approximate surface area is 79.3 Å². The first kappa shape index (κ1) is 10.3. The lowest BCUT2D eigenvalue weighted by Crippen LogP contribution is -2.25. The van der Waals surface area contributed by atoms with Gasteiger partial charge in [-0.25, -0.2) is 0 Å². The minimum absolute atomic E-state index is 0.559. The smallest absolute Gasteiger partial charge is 0.129 e. The maximum Gasteiger partial charge on any atom is 0.129 e. The third kappa shape index (κ3) is 3.61. The molecule has 0 aromatic carbocycles. The molecule has 1 rings (SSSR count). The predicted molar refractivity (Wildman–Crippen MR) is 51.3 cm³/mol. The lowest BCUT2D eigenvalue weighted by Gasteiger charge is -2.17. The van der Waals surface area contributed by atoms with Crippen LogP contribution >= 0.6 is 0 Å². The highest BCUT2D eigenvalue weighted by Crippen LogP contribution is 2.02. The number of furan rings is 1. The minimum Gasteiger partial charge on any atom is -0.467 e. The molecule has 3 nitrogen and oxygen atoms in total. The van der Waals surface area contributed by atoms with E-state index in [1.807, 2.05) is 12.1 Å². The van der Waals surface area contributed by atoms with Crippen molar-refractivity contribution < 1.29 is 9.15 Å². The normalized spacial score (nSPS) is 11.0. The quantitative estimate of drug-likeness (QED) is 0.631. The fraction of sp³-hybridized carbons (Fsp3) is 0.600. The number of rotatable bonds is 6. The molecule has 0 aliphatic rings. The Morgan fingerprint density at radius 3 is 2.69 bits per heavy atom. The van der Waals surface area contributed by atoms with Crippen LogP contribution in [0.2, 0.25) is 0 Å². The highest BCUT2D eigenvalue weighted by atomic mass is 16.5. The molecule has 0 aliphatic carbocycles. The van der Waals surface area contributed by atoms with Crippen LogP contribution in [0.25, 0.3) is 0 Å². The summed E-state index contributed by atoms with van der Waals surface area (Å²) in [6.45, 7) is 7.53. The first-order chi connectivity index (χ1) is 6.36. The highest BCUT2D eigenvalue weighted by Gasteiger charge is 1.99. The third-order valence-electron chi connectivity index (χ3n) is 1.99. The second-order valence-corrected chi connectivity index (χ2v) is 2.86. The summed E-state index contributed by atoms with van der Waals surface area (Å²) in [7, 11) is 0. The van der Waals surface area contributed by atoms with E-state index in [1.165, 1.54) is 0 Å². The lowest BCUT2D eigenvalue weighted by molar-refractivity contribution is 0.0167. The van der Waals surface area contributed by atoms with Crippen molar-refractivity contribution in [2.24, 2.45) is 0 Å². The van der Waals surface area contributed by atoms with Crippen molar-refractivity contribution in [1.29, 1.82) is 0 Å². The molecule has 0 N–H and O–H groups in total. The maximum absolute atomic E-state index is 5.45. The Kier molecular flexibility index (Phi) is 4.57. The molecule has 0 atom stereocenters. The van der Waals surface area contributed by atoms with Crippen molar-refractivity contribution in [2.75, 3.05) is 19.8 Å². The van der Waals surface area contributed by atoms with E-state index in [4.69, 9.17) is 9.15 Å². The molecule has 1 heterocycles. The molecule has 0 unspecified atom stereocenters. The van der Waals surface area contributed by atoms with E-state index >= 15 is 0 Å². The van der Waals surface area contributed by atoms with E-state index in [2.05, 4.69) is 18.7 Å². The van der Waals surface area contributed by atoms with Crippen LogP contribution in [0.1, 0.15) is 19.6 Å². The van der Waals surface area contributed by atoms with Crippen LogP contribution in [0.5, 0.6) is 0 Å². The number of ether oxygens (including phenoxy) is 1. The van der Waals surface area contributed by atoms with Crippen molar-refractivity contribution in [3.8, 4) is 0 Å². The van der Waals surface area contributed by atoms with Gasteiger partial charge in [-0.15, -0.1) is 0 Å². The Morgan fingerprint density at radius 1 is 1.38 bits per heavy atom. The molecule has 1 aromatic heterocycles. The van der Waals surface area contributed by atoms with Gasteiger partial charge in [-0.1, -0.05) is 13.8 Å². The molecule has 0 saturated heterocycles. The van der Waals surface area contributed by atoms with Gasteiger partial charge < -0.3 is 9.15 Å². The van der Waals surface area contributed by atoms with Crippen molar-refractivity contribution in [3.63, 3.8) is 0 Å². The maximum atomic E-state index is 5.45. The van der Waals surface area contributed by atoms with Gasteiger partial charge in [0.25, 0.3) is 0 Å². The fourth-order valence-corrected chi connectivity index (χ4v) is 1.08. The summed E-state index contributed by atoms with van der Waals surface area (Å²) in [5, 5.41) is 0. The van der Waals surface area contributed by atoms with Crippen LogP contribution in [0, 0.1) is 0 Å². The van der Waals surface area contributed by atoms with Crippen LogP contribution in [0.3, 0.4) is 0 Å². The summed E-state index contributed by atoms with van der Waals surface area (Å²) in [6.07, 6.45) is 1.66. The van der Waals surface area contributed by atoms with Crippen LogP contribution in [0.15, 0.2) is 22.8 Å². The largest absolute Gasteiger partial charge is 0.467 e. The number of hydrogen-bond donors (Lipinski definition) is 0. The van der Waals surface area contributed by atoms with Gasteiger partial charge in [0.1, 0.15) is 12.4 Å². The second-order valence-electron chi connectivity index (χ2n) is 2.86. The molecule has 0 amide bonds. The topological polar surface area (TPSA) is 25.6 Å². The van der Waals surface area contributed by atoms with E-state index < -0.39 is 0 Å². The molecule has 0 fully saturated rings. The van der Waals surface area contributed by atoms with Gasteiger partial charge in [-0.3, -0.25) is 4.90 Å². The fourth-order valence-electron chi connectivity index (χ4n) is 1.08. The van der Waals surface area contributed by atoms with Gasteiger partial charge >= 0.3 is 0 Å². The van der Waals surface area contributed by atoms with Crippen molar-refractivity contribution >= 4 is 0 Å². The van der Waals surface area contributed by atoms with Crippen molar-refractivity contribution in [1.82, 2.24) is 4.90 Å². The van der Waals surface area contributed by atoms with Gasteiger partial charge in [0.05, 0.1) is 13.0 Å². The summed E-state index contributed by atoms with van der Waals surface area (Å²) in [5.41, 5.74) is 0. The Bertz CT molecular complexity index is 205. The molecule has 0 radical (unpaired) electrons. The average molecular weight is 183 g/mol. The Hall–Kier alpha value is -0.800. The monoisotopic (exact) mass is 183 g/mol. The van der Waals surface area contributed by atoms with E-state index in [1.54, 1.807) is 6.26 Å². The average Bonchev–Trinajstić information content (AvgIpc) is 2.65. The molecular weight excluding hydrogens is 166 g/mol. The van der Waals surface area contributed by atoms with Crippen LogP contribution in [0.4, 0.5) is 0 Å². The molecule has 0 aliphatic heterocycles. The van der Waals surface area contributed by atoms with Gasteiger partial charge in [0.15, 0.2) is 0 Å². The highest BCUT2D eigenvalue weighted by molar-refractivity contribution is 4.95. The standard InChI is InChI=1S/C10H17NO2/c1-3-11(4-2)9-12-8-10-6-5-7-13-10/h5-7H,3-4,8-9H2,1-2H3.